The molecule has 0 bridgehead atoms. The van der Waals surface area contributed by atoms with Crippen LogP contribution in [0, 0.1) is 5.92 Å². The van der Waals surface area contributed by atoms with Gasteiger partial charge in [-0.25, -0.2) is 0 Å². The molecule has 1 N–H and O–H groups in total. The molecule has 1 aliphatic rings. The lowest BCUT2D eigenvalue weighted by Gasteiger charge is -2.43. The van der Waals surface area contributed by atoms with Crippen molar-refractivity contribution in [2.45, 2.75) is 44.7 Å². The second-order valence-electron chi connectivity index (χ2n) is 6.24. The fourth-order valence-electron chi connectivity index (χ4n) is 2.80. The summed E-state index contributed by atoms with van der Waals surface area (Å²) in [6, 6.07) is 5.85. The molecule has 1 nitrogen and oxygen atoms in total. The Labute approximate surface area is 118 Å². The van der Waals surface area contributed by atoms with E-state index in [1.165, 1.54) is 12.1 Å². The van der Waals surface area contributed by atoms with E-state index in [1.807, 2.05) is 6.07 Å². The van der Waals surface area contributed by atoms with Gasteiger partial charge in [0.25, 0.3) is 0 Å². The molecule has 0 aliphatic heterocycles. The van der Waals surface area contributed by atoms with Crippen LogP contribution in [-0.4, -0.2) is 13.1 Å². The van der Waals surface area contributed by atoms with Gasteiger partial charge in [-0.15, -0.1) is 0 Å². The average Bonchev–Trinajstić information content (AvgIpc) is 2.31. The zero-order chi connectivity index (χ0) is 14.8. The maximum Gasteiger partial charge on any atom is 0.416 e. The summed E-state index contributed by atoms with van der Waals surface area (Å²) in [7, 11) is 0. The molecule has 0 radical (unpaired) electrons. The van der Waals surface area contributed by atoms with E-state index in [4.69, 9.17) is 0 Å². The quantitative estimate of drug-likeness (QED) is 0.847. The summed E-state index contributed by atoms with van der Waals surface area (Å²) < 4.78 is 38.5. The first-order valence-electron chi connectivity index (χ1n) is 7.22. The highest BCUT2D eigenvalue weighted by molar-refractivity contribution is 5.34. The first kappa shape index (κ1) is 15.4. The van der Waals surface area contributed by atoms with Crippen LogP contribution in [0.1, 0.15) is 44.2 Å². The van der Waals surface area contributed by atoms with Gasteiger partial charge in [0.15, 0.2) is 0 Å². The molecule has 1 aromatic carbocycles. The lowest BCUT2D eigenvalue weighted by atomic mass is 9.64. The van der Waals surface area contributed by atoms with Crippen molar-refractivity contribution in [3.05, 3.63) is 35.4 Å². The van der Waals surface area contributed by atoms with Gasteiger partial charge in [-0.1, -0.05) is 38.5 Å². The molecule has 0 unspecified atom stereocenters. The zero-order valence-corrected chi connectivity index (χ0v) is 12.1. The molecule has 1 aliphatic carbocycles. The van der Waals surface area contributed by atoms with Gasteiger partial charge in [0.1, 0.15) is 0 Å². The number of halogens is 3. The number of hydrogen-bond donors (Lipinski definition) is 1. The highest BCUT2D eigenvalue weighted by Crippen LogP contribution is 2.44. The maximum absolute atomic E-state index is 12.8. The molecule has 4 heteroatoms. The number of rotatable bonds is 5. The Bertz CT molecular complexity index is 447. The van der Waals surface area contributed by atoms with Crippen molar-refractivity contribution in [2.24, 2.45) is 5.92 Å². The molecule has 1 saturated carbocycles. The molecule has 0 saturated heterocycles. The standard InChI is InChI=1S/C16H22F3N/c1-12(2)10-20-11-15(7-4-8-15)13-5-3-6-14(9-13)16(17,18)19/h3,5-6,9,12,20H,4,7-8,10-11H2,1-2H3. The van der Waals surface area contributed by atoms with Gasteiger partial charge in [0, 0.05) is 12.0 Å². The van der Waals surface area contributed by atoms with E-state index >= 15 is 0 Å². The largest absolute Gasteiger partial charge is 0.416 e. The van der Waals surface area contributed by atoms with Gasteiger partial charge < -0.3 is 5.32 Å². The molecule has 0 heterocycles. The molecule has 2 rings (SSSR count). The van der Waals surface area contributed by atoms with Crippen LogP contribution in [0.25, 0.3) is 0 Å². The molecular formula is C16H22F3N. The van der Waals surface area contributed by atoms with Gasteiger partial charge in [0.2, 0.25) is 0 Å². The minimum atomic E-state index is -4.26. The Kier molecular flexibility index (Phi) is 4.43. The van der Waals surface area contributed by atoms with Gasteiger partial charge in [-0.2, -0.15) is 13.2 Å². The fourth-order valence-corrected chi connectivity index (χ4v) is 2.80. The Hall–Kier alpha value is -1.03. The first-order valence-corrected chi connectivity index (χ1v) is 7.22. The van der Waals surface area contributed by atoms with Gasteiger partial charge >= 0.3 is 6.18 Å². The summed E-state index contributed by atoms with van der Waals surface area (Å²) in [4.78, 5) is 0. The average molecular weight is 285 g/mol. The first-order chi connectivity index (χ1) is 9.33. The molecule has 20 heavy (non-hydrogen) atoms. The normalized spacial score (nSPS) is 18.1. The van der Waals surface area contributed by atoms with Crippen LogP contribution in [0.4, 0.5) is 13.2 Å². The second-order valence-corrected chi connectivity index (χ2v) is 6.24. The van der Waals surface area contributed by atoms with Crippen molar-refractivity contribution >= 4 is 0 Å². The van der Waals surface area contributed by atoms with Crippen molar-refractivity contribution < 1.29 is 13.2 Å². The van der Waals surface area contributed by atoms with Crippen molar-refractivity contribution in [3.63, 3.8) is 0 Å². The Morgan fingerprint density at radius 3 is 2.45 bits per heavy atom. The molecular weight excluding hydrogens is 263 g/mol. The minimum absolute atomic E-state index is 0.101. The summed E-state index contributed by atoms with van der Waals surface area (Å²) in [6.07, 6.45) is -1.22. The minimum Gasteiger partial charge on any atom is -0.316 e. The van der Waals surface area contributed by atoms with E-state index in [0.29, 0.717) is 5.92 Å². The van der Waals surface area contributed by atoms with E-state index in [0.717, 1.165) is 44.0 Å². The zero-order valence-electron chi connectivity index (χ0n) is 12.1. The van der Waals surface area contributed by atoms with E-state index in [-0.39, 0.29) is 5.41 Å². The molecule has 0 atom stereocenters. The fraction of sp³-hybridized carbons (Fsp3) is 0.625. The maximum atomic E-state index is 12.8. The SMILES string of the molecule is CC(C)CNCC1(c2cccc(C(F)(F)F)c2)CCC1. The van der Waals surface area contributed by atoms with E-state index in [2.05, 4.69) is 19.2 Å². The van der Waals surface area contributed by atoms with Crippen LogP contribution in [0.3, 0.4) is 0 Å². The van der Waals surface area contributed by atoms with Crippen LogP contribution in [0.5, 0.6) is 0 Å². The predicted octanol–water partition coefficient (Wildman–Crippen LogP) is 4.37. The molecule has 1 fully saturated rings. The van der Waals surface area contributed by atoms with Crippen LogP contribution in [0.2, 0.25) is 0 Å². The third kappa shape index (κ3) is 3.35. The predicted molar refractivity (Wildman–Crippen MR) is 74.7 cm³/mol. The highest BCUT2D eigenvalue weighted by Gasteiger charge is 2.40. The van der Waals surface area contributed by atoms with E-state index < -0.39 is 11.7 Å². The number of alkyl halides is 3. The number of benzene rings is 1. The topological polar surface area (TPSA) is 12.0 Å². The Morgan fingerprint density at radius 1 is 1.25 bits per heavy atom. The summed E-state index contributed by atoms with van der Waals surface area (Å²) in [6.45, 7) is 5.93. The van der Waals surface area contributed by atoms with Crippen molar-refractivity contribution in [1.82, 2.24) is 5.32 Å². The molecule has 0 spiro atoms. The monoisotopic (exact) mass is 285 g/mol. The molecule has 112 valence electrons. The summed E-state index contributed by atoms with van der Waals surface area (Å²) in [5.41, 5.74) is 0.191. The Morgan fingerprint density at radius 2 is 1.95 bits per heavy atom. The third-order valence-electron chi connectivity index (χ3n) is 4.13. The Balaban J connectivity index is 2.15. The molecule has 0 amide bonds. The number of hydrogen-bond acceptors (Lipinski definition) is 1. The summed E-state index contributed by atoms with van der Waals surface area (Å²) in [5, 5.41) is 3.40. The van der Waals surface area contributed by atoms with Crippen LogP contribution in [-0.2, 0) is 11.6 Å². The van der Waals surface area contributed by atoms with Crippen LogP contribution >= 0.6 is 0 Å². The van der Waals surface area contributed by atoms with E-state index in [9.17, 15) is 13.2 Å². The van der Waals surface area contributed by atoms with Crippen molar-refractivity contribution in [3.8, 4) is 0 Å². The molecule has 1 aromatic rings. The smallest absolute Gasteiger partial charge is 0.316 e. The van der Waals surface area contributed by atoms with Crippen LogP contribution < -0.4 is 5.32 Å². The van der Waals surface area contributed by atoms with Gasteiger partial charge in [-0.3, -0.25) is 0 Å². The lowest BCUT2D eigenvalue weighted by Crippen LogP contribution is -2.44. The lowest BCUT2D eigenvalue weighted by molar-refractivity contribution is -0.137. The van der Waals surface area contributed by atoms with Crippen molar-refractivity contribution in [2.75, 3.05) is 13.1 Å². The molecule has 0 aromatic heterocycles. The highest BCUT2D eigenvalue weighted by atomic mass is 19.4. The van der Waals surface area contributed by atoms with E-state index in [1.54, 1.807) is 0 Å². The van der Waals surface area contributed by atoms with Crippen LogP contribution in [0.15, 0.2) is 24.3 Å². The second kappa shape index (κ2) is 5.76. The van der Waals surface area contributed by atoms with Crippen molar-refractivity contribution in [1.29, 1.82) is 0 Å². The van der Waals surface area contributed by atoms with Gasteiger partial charge in [-0.05, 0) is 36.9 Å². The number of nitrogens with one attached hydrogen (secondary N) is 1. The van der Waals surface area contributed by atoms with Gasteiger partial charge in [0.05, 0.1) is 5.56 Å². The summed E-state index contributed by atoms with van der Waals surface area (Å²) in [5.74, 6) is 0.550. The summed E-state index contributed by atoms with van der Waals surface area (Å²) >= 11 is 0. The third-order valence-corrected chi connectivity index (χ3v) is 4.13.